The summed E-state index contributed by atoms with van der Waals surface area (Å²) in [5.41, 5.74) is 3.89. The number of benzene rings is 2. The molecular formula is C17H18O2. The molecule has 0 heterocycles. The van der Waals surface area contributed by atoms with Gasteiger partial charge in [0.1, 0.15) is 5.75 Å². The molecule has 19 heavy (non-hydrogen) atoms. The second-order valence-electron chi connectivity index (χ2n) is 4.72. The molecule has 0 atom stereocenters. The predicted molar refractivity (Wildman–Crippen MR) is 76.9 cm³/mol. The Labute approximate surface area is 114 Å². The van der Waals surface area contributed by atoms with Crippen LogP contribution in [-0.2, 0) is 6.42 Å². The minimum atomic E-state index is 0.156. The molecule has 2 nitrogen and oxygen atoms in total. The molecule has 2 heteroatoms. The van der Waals surface area contributed by atoms with Crippen molar-refractivity contribution >= 4 is 5.78 Å². The number of carbonyl (C=O) groups is 1. The third-order valence-corrected chi connectivity index (χ3v) is 3.26. The van der Waals surface area contributed by atoms with Crippen molar-refractivity contribution in [1.82, 2.24) is 0 Å². The lowest BCUT2D eigenvalue weighted by atomic mass is 9.95. The summed E-state index contributed by atoms with van der Waals surface area (Å²) < 4.78 is 5.18. The highest BCUT2D eigenvalue weighted by molar-refractivity contribution is 6.00. The lowest BCUT2D eigenvalue weighted by molar-refractivity contribution is 0.0992. The molecular weight excluding hydrogens is 236 g/mol. The summed E-state index contributed by atoms with van der Waals surface area (Å²) in [6.45, 7) is 3.96. The zero-order valence-corrected chi connectivity index (χ0v) is 11.6. The van der Waals surface area contributed by atoms with Crippen molar-refractivity contribution in [1.29, 1.82) is 0 Å². The van der Waals surface area contributed by atoms with E-state index in [2.05, 4.69) is 0 Å². The Balaban J connectivity index is 2.26. The van der Waals surface area contributed by atoms with Gasteiger partial charge in [-0.25, -0.2) is 0 Å². The van der Waals surface area contributed by atoms with Crippen molar-refractivity contribution in [3.63, 3.8) is 0 Å². The van der Waals surface area contributed by atoms with Gasteiger partial charge in [0.25, 0.3) is 0 Å². The first-order chi connectivity index (χ1) is 9.11. The molecule has 0 N–H and O–H groups in total. The summed E-state index contributed by atoms with van der Waals surface area (Å²) in [5, 5.41) is 0. The molecule has 0 saturated heterocycles. The maximum Gasteiger partial charge on any atom is 0.167 e. The van der Waals surface area contributed by atoms with Crippen LogP contribution < -0.4 is 4.74 Å². The SMILES string of the molecule is COc1cccc(CC(=O)c2c(C)cccc2C)c1. The van der Waals surface area contributed by atoms with E-state index in [0.29, 0.717) is 6.42 Å². The van der Waals surface area contributed by atoms with Crippen molar-refractivity contribution in [2.24, 2.45) is 0 Å². The lowest BCUT2D eigenvalue weighted by Gasteiger charge is -2.09. The Hall–Kier alpha value is -2.09. The second kappa shape index (κ2) is 5.70. The number of Topliss-reactive ketones (excluding diaryl/α,β-unsaturated/α-hetero) is 1. The van der Waals surface area contributed by atoms with Crippen LogP contribution in [0.1, 0.15) is 27.0 Å². The Morgan fingerprint density at radius 1 is 1.05 bits per heavy atom. The third-order valence-electron chi connectivity index (χ3n) is 3.26. The summed E-state index contributed by atoms with van der Waals surface area (Å²) in [4.78, 5) is 12.4. The molecule has 0 aliphatic rings. The Bertz CT molecular complexity index is 580. The van der Waals surface area contributed by atoms with E-state index in [1.165, 1.54) is 0 Å². The number of aryl methyl sites for hydroxylation is 2. The van der Waals surface area contributed by atoms with Crippen LogP contribution >= 0.6 is 0 Å². The van der Waals surface area contributed by atoms with Gasteiger partial charge in [0.2, 0.25) is 0 Å². The fourth-order valence-electron chi connectivity index (χ4n) is 2.31. The van der Waals surface area contributed by atoms with E-state index < -0.39 is 0 Å². The molecule has 0 aliphatic heterocycles. The first kappa shape index (κ1) is 13.3. The first-order valence-electron chi connectivity index (χ1n) is 6.34. The Kier molecular flexibility index (Phi) is 4.00. The molecule has 0 bridgehead atoms. The van der Waals surface area contributed by atoms with Crippen LogP contribution in [0.5, 0.6) is 5.75 Å². The van der Waals surface area contributed by atoms with E-state index in [1.807, 2.05) is 56.3 Å². The predicted octanol–water partition coefficient (Wildman–Crippen LogP) is 3.74. The fourth-order valence-corrected chi connectivity index (χ4v) is 2.31. The van der Waals surface area contributed by atoms with Crippen molar-refractivity contribution in [3.05, 3.63) is 64.7 Å². The van der Waals surface area contributed by atoms with E-state index in [9.17, 15) is 4.79 Å². The molecule has 2 aromatic rings. The van der Waals surface area contributed by atoms with Gasteiger partial charge < -0.3 is 4.74 Å². The molecule has 0 saturated carbocycles. The summed E-state index contributed by atoms with van der Waals surface area (Å²) in [6, 6.07) is 13.6. The van der Waals surface area contributed by atoms with Crippen LogP contribution in [0.2, 0.25) is 0 Å². The molecule has 0 amide bonds. The van der Waals surface area contributed by atoms with E-state index in [4.69, 9.17) is 4.74 Å². The van der Waals surface area contributed by atoms with Crippen molar-refractivity contribution < 1.29 is 9.53 Å². The third kappa shape index (κ3) is 3.02. The average Bonchev–Trinajstić information content (AvgIpc) is 2.38. The number of ether oxygens (including phenoxy) is 1. The van der Waals surface area contributed by atoms with Gasteiger partial charge in [0.05, 0.1) is 7.11 Å². The maximum atomic E-state index is 12.4. The van der Waals surface area contributed by atoms with Gasteiger partial charge in [-0.15, -0.1) is 0 Å². The summed E-state index contributed by atoms with van der Waals surface area (Å²) in [6.07, 6.45) is 0.406. The van der Waals surface area contributed by atoms with E-state index in [1.54, 1.807) is 7.11 Å². The molecule has 0 fully saturated rings. The van der Waals surface area contributed by atoms with Crippen LogP contribution in [0.15, 0.2) is 42.5 Å². The molecule has 0 spiro atoms. The molecule has 98 valence electrons. The van der Waals surface area contributed by atoms with Crippen molar-refractivity contribution in [2.75, 3.05) is 7.11 Å². The van der Waals surface area contributed by atoms with Crippen molar-refractivity contribution in [2.45, 2.75) is 20.3 Å². The summed E-state index contributed by atoms with van der Waals surface area (Å²) >= 11 is 0. The quantitative estimate of drug-likeness (QED) is 0.777. The topological polar surface area (TPSA) is 26.3 Å². The number of rotatable bonds is 4. The molecule has 2 aromatic carbocycles. The number of carbonyl (C=O) groups excluding carboxylic acids is 1. The molecule has 2 rings (SSSR count). The first-order valence-corrected chi connectivity index (χ1v) is 6.34. The standard InChI is InChI=1S/C17H18O2/c1-12-6-4-7-13(2)17(12)16(18)11-14-8-5-9-15(10-14)19-3/h4-10H,11H2,1-3H3. The van der Waals surface area contributed by atoms with Gasteiger partial charge in [-0.1, -0.05) is 30.3 Å². The van der Waals surface area contributed by atoms with Crippen molar-refractivity contribution in [3.8, 4) is 5.75 Å². The molecule has 0 aromatic heterocycles. The number of hydrogen-bond acceptors (Lipinski definition) is 2. The van der Waals surface area contributed by atoms with Crippen LogP contribution in [0.3, 0.4) is 0 Å². The highest BCUT2D eigenvalue weighted by Gasteiger charge is 2.12. The Morgan fingerprint density at radius 3 is 2.32 bits per heavy atom. The zero-order chi connectivity index (χ0) is 13.8. The number of methoxy groups -OCH3 is 1. The van der Waals surface area contributed by atoms with Crippen LogP contribution in [-0.4, -0.2) is 12.9 Å². The molecule has 0 radical (unpaired) electrons. The number of ketones is 1. The zero-order valence-electron chi connectivity index (χ0n) is 11.6. The van der Waals surface area contributed by atoms with E-state index >= 15 is 0 Å². The van der Waals surface area contributed by atoms with Crippen LogP contribution in [0, 0.1) is 13.8 Å². The fraction of sp³-hybridized carbons (Fsp3) is 0.235. The smallest absolute Gasteiger partial charge is 0.167 e. The lowest BCUT2D eigenvalue weighted by Crippen LogP contribution is -2.08. The minimum Gasteiger partial charge on any atom is -0.497 e. The highest BCUT2D eigenvalue weighted by Crippen LogP contribution is 2.18. The Morgan fingerprint density at radius 2 is 1.68 bits per heavy atom. The second-order valence-corrected chi connectivity index (χ2v) is 4.72. The minimum absolute atomic E-state index is 0.156. The highest BCUT2D eigenvalue weighted by atomic mass is 16.5. The van der Waals surface area contributed by atoms with Gasteiger partial charge in [-0.05, 0) is 42.7 Å². The van der Waals surface area contributed by atoms with Gasteiger partial charge in [0, 0.05) is 12.0 Å². The molecule has 0 unspecified atom stereocenters. The largest absolute Gasteiger partial charge is 0.497 e. The van der Waals surface area contributed by atoms with E-state index in [-0.39, 0.29) is 5.78 Å². The van der Waals surface area contributed by atoms with Gasteiger partial charge >= 0.3 is 0 Å². The van der Waals surface area contributed by atoms with E-state index in [0.717, 1.165) is 28.0 Å². The molecule has 0 aliphatic carbocycles. The van der Waals surface area contributed by atoms with Gasteiger partial charge in [0.15, 0.2) is 5.78 Å². The van der Waals surface area contributed by atoms with Crippen LogP contribution in [0.25, 0.3) is 0 Å². The monoisotopic (exact) mass is 254 g/mol. The number of hydrogen-bond donors (Lipinski definition) is 0. The summed E-state index contributed by atoms with van der Waals surface area (Å²) in [5.74, 6) is 0.940. The average molecular weight is 254 g/mol. The van der Waals surface area contributed by atoms with Gasteiger partial charge in [-0.3, -0.25) is 4.79 Å². The summed E-state index contributed by atoms with van der Waals surface area (Å²) in [7, 11) is 1.63. The maximum absolute atomic E-state index is 12.4. The normalized spacial score (nSPS) is 10.3. The van der Waals surface area contributed by atoms with Crippen LogP contribution in [0.4, 0.5) is 0 Å². The van der Waals surface area contributed by atoms with Gasteiger partial charge in [-0.2, -0.15) is 0 Å².